The van der Waals surface area contributed by atoms with E-state index in [2.05, 4.69) is 5.32 Å². The normalized spacial score (nSPS) is 20.2. The average molecular weight is 315 g/mol. The molecule has 8 heteroatoms. The molecule has 0 bridgehead atoms. The number of carbonyl (C=O) groups is 1. The molecule has 1 aromatic rings. The minimum Gasteiger partial charge on any atom is -0.396 e. The van der Waals surface area contributed by atoms with Crippen LogP contribution in [0.3, 0.4) is 0 Å². The number of hydrogen-bond acceptors (Lipinski definition) is 4. The van der Waals surface area contributed by atoms with Crippen LogP contribution >= 0.6 is 0 Å². The summed E-state index contributed by atoms with van der Waals surface area (Å²) in [6.45, 7) is 0.465. The molecule has 1 saturated heterocycles. The Labute approximate surface area is 123 Å². The van der Waals surface area contributed by atoms with Crippen LogP contribution in [0.2, 0.25) is 0 Å². The summed E-state index contributed by atoms with van der Waals surface area (Å²) in [4.78, 5) is 11.6. The average Bonchev–Trinajstić information content (AvgIpc) is 2.49. The fourth-order valence-corrected chi connectivity index (χ4v) is 3.97. The van der Waals surface area contributed by atoms with Crippen molar-refractivity contribution in [3.8, 4) is 0 Å². The Hall–Kier alpha value is -1.67. The maximum Gasteiger partial charge on any atom is 0.243 e. The zero-order valence-electron chi connectivity index (χ0n) is 11.7. The van der Waals surface area contributed by atoms with Crippen LogP contribution in [0.4, 0.5) is 10.1 Å². The molecular formula is C13H18FN3O3S. The van der Waals surface area contributed by atoms with Gasteiger partial charge in [-0.2, -0.15) is 4.31 Å². The molecule has 0 saturated carbocycles. The number of nitrogen functional groups attached to an aromatic ring is 1. The van der Waals surface area contributed by atoms with Crippen LogP contribution in [0.1, 0.15) is 12.8 Å². The molecule has 1 fully saturated rings. The van der Waals surface area contributed by atoms with E-state index in [-0.39, 0.29) is 29.0 Å². The Balaban J connectivity index is 2.26. The Morgan fingerprint density at radius 1 is 1.48 bits per heavy atom. The van der Waals surface area contributed by atoms with Gasteiger partial charge in [0.25, 0.3) is 0 Å². The van der Waals surface area contributed by atoms with E-state index in [1.165, 1.54) is 17.4 Å². The molecule has 1 aliphatic rings. The van der Waals surface area contributed by atoms with Gasteiger partial charge < -0.3 is 11.1 Å². The molecular weight excluding hydrogens is 297 g/mol. The number of carbonyl (C=O) groups excluding carboxylic acids is 1. The van der Waals surface area contributed by atoms with E-state index in [1.54, 1.807) is 0 Å². The molecule has 3 N–H and O–H groups in total. The van der Waals surface area contributed by atoms with Gasteiger partial charge in [-0.1, -0.05) is 0 Å². The molecule has 1 amide bonds. The summed E-state index contributed by atoms with van der Waals surface area (Å²) < 4.78 is 39.5. The largest absolute Gasteiger partial charge is 0.396 e. The molecule has 1 heterocycles. The highest BCUT2D eigenvalue weighted by Gasteiger charge is 2.33. The summed E-state index contributed by atoms with van der Waals surface area (Å²) in [6, 6.07) is 3.32. The highest BCUT2D eigenvalue weighted by atomic mass is 32.2. The van der Waals surface area contributed by atoms with Gasteiger partial charge in [-0.05, 0) is 31.0 Å². The molecule has 6 nitrogen and oxygen atoms in total. The Morgan fingerprint density at radius 3 is 2.81 bits per heavy atom. The standard InChI is InChI=1S/C13H18FN3O3S/c1-16-13(18)9-3-2-6-17(8-9)21(19,20)10-4-5-11(14)12(15)7-10/h4-5,7,9H,2-3,6,8,15H2,1H3,(H,16,18). The zero-order chi connectivity index (χ0) is 15.6. The fourth-order valence-electron chi connectivity index (χ4n) is 2.41. The monoisotopic (exact) mass is 315 g/mol. The van der Waals surface area contributed by atoms with Crippen LogP contribution < -0.4 is 11.1 Å². The number of piperidine rings is 1. The van der Waals surface area contributed by atoms with Crippen LogP contribution in [0.15, 0.2) is 23.1 Å². The highest BCUT2D eigenvalue weighted by Crippen LogP contribution is 2.25. The lowest BCUT2D eigenvalue weighted by atomic mass is 9.99. The fraction of sp³-hybridized carbons (Fsp3) is 0.462. The number of nitrogens with zero attached hydrogens (tertiary/aromatic N) is 1. The number of hydrogen-bond donors (Lipinski definition) is 2. The number of anilines is 1. The van der Waals surface area contributed by atoms with E-state index in [4.69, 9.17) is 5.73 Å². The molecule has 1 unspecified atom stereocenters. The summed E-state index contributed by atoms with van der Waals surface area (Å²) in [5.41, 5.74) is 5.21. The minimum atomic E-state index is -3.77. The quantitative estimate of drug-likeness (QED) is 0.797. The molecule has 1 aliphatic heterocycles. The molecule has 21 heavy (non-hydrogen) atoms. The van der Waals surface area contributed by atoms with Crippen LogP contribution in [-0.4, -0.2) is 38.8 Å². The van der Waals surface area contributed by atoms with E-state index >= 15 is 0 Å². The summed E-state index contributed by atoms with van der Waals surface area (Å²) in [5.74, 6) is -1.19. The van der Waals surface area contributed by atoms with Gasteiger partial charge in [-0.3, -0.25) is 4.79 Å². The third kappa shape index (κ3) is 3.16. The van der Waals surface area contributed by atoms with Crippen molar-refractivity contribution in [3.63, 3.8) is 0 Å². The topological polar surface area (TPSA) is 92.5 Å². The van der Waals surface area contributed by atoms with Crippen molar-refractivity contribution in [1.82, 2.24) is 9.62 Å². The lowest BCUT2D eigenvalue weighted by Gasteiger charge is -2.31. The lowest BCUT2D eigenvalue weighted by molar-refractivity contribution is -0.125. The van der Waals surface area contributed by atoms with Gasteiger partial charge in [0, 0.05) is 20.1 Å². The van der Waals surface area contributed by atoms with Crippen LogP contribution in [0.25, 0.3) is 0 Å². The Morgan fingerprint density at radius 2 is 2.19 bits per heavy atom. The van der Waals surface area contributed by atoms with E-state index in [0.29, 0.717) is 19.4 Å². The summed E-state index contributed by atoms with van der Waals surface area (Å²) >= 11 is 0. The number of nitrogens with one attached hydrogen (secondary N) is 1. The minimum absolute atomic E-state index is 0.0565. The predicted octanol–water partition coefficient (Wildman–Crippen LogP) is 0.555. The van der Waals surface area contributed by atoms with Crippen LogP contribution in [-0.2, 0) is 14.8 Å². The van der Waals surface area contributed by atoms with Crippen molar-refractivity contribution in [2.24, 2.45) is 5.92 Å². The molecule has 1 atom stereocenters. The molecule has 1 aromatic carbocycles. The number of sulfonamides is 1. The van der Waals surface area contributed by atoms with Crippen molar-refractivity contribution >= 4 is 21.6 Å². The summed E-state index contributed by atoms with van der Waals surface area (Å²) in [5, 5.41) is 2.53. The predicted molar refractivity (Wildman–Crippen MR) is 76.4 cm³/mol. The zero-order valence-corrected chi connectivity index (χ0v) is 12.5. The molecule has 0 radical (unpaired) electrons. The first-order chi connectivity index (χ1) is 9.86. The van der Waals surface area contributed by atoms with Crippen molar-refractivity contribution in [2.45, 2.75) is 17.7 Å². The third-order valence-corrected chi connectivity index (χ3v) is 5.47. The van der Waals surface area contributed by atoms with Crippen LogP contribution in [0.5, 0.6) is 0 Å². The summed E-state index contributed by atoms with van der Waals surface area (Å²) in [6.07, 6.45) is 1.26. The molecule has 0 aromatic heterocycles. The van der Waals surface area contributed by atoms with E-state index in [1.807, 2.05) is 0 Å². The molecule has 116 valence electrons. The van der Waals surface area contributed by atoms with Crippen molar-refractivity contribution in [2.75, 3.05) is 25.9 Å². The second-order valence-electron chi connectivity index (χ2n) is 5.00. The van der Waals surface area contributed by atoms with E-state index < -0.39 is 15.8 Å². The number of amides is 1. The first-order valence-corrected chi connectivity index (χ1v) is 8.07. The SMILES string of the molecule is CNC(=O)C1CCCN(S(=O)(=O)c2ccc(F)c(N)c2)C1. The van der Waals surface area contributed by atoms with Gasteiger partial charge in [-0.15, -0.1) is 0 Å². The summed E-state index contributed by atoms with van der Waals surface area (Å²) in [7, 11) is -2.25. The van der Waals surface area contributed by atoms with Gasteiger partial charge in [0.05, 0.1) is 16.5 Å². The van der Waals surface area contributed by atoms with Crippen LogP contribution in [0, 0.1) is 11.7 Å². The number of rotatable bonds is 3. The molecule has 0 spiro atoms. The third-order valence-electron chi connectivity index (χ3n) is 3.61. The van der Waals surface area contributed by atoms with Gasteiger partial charge in [0.2, 0.25) is 15.9 Å². The van der Waals surface area contributed by atoms with Crippen molar-refractivity contribution in [3.05, 3.63) is 24.0 Å². The highest BCUT2D eigenvalue weighted by molar-refractivity contribution is 7.89. The molecule has 2 rings (SSSR count). The van der Waals surface area contributed by atoms with E-state index in [0.717, 1.165) is 12.1 Å². The first-order valence-electron chi connectivity index (χ1n) is 6.63. The number of halogens is 1. The smallest absolute Gasteiger partial charge is 0.243 e. The molecule has 0 aliphatic carbocycles. The maximum atomic E-state index is 13.2. The second kappa shape index (κ2) is 5.98. The lowest BCUT2D eigenvalue weighted by Crippen LogP contribution is -2.44. The number of benzene rings is 1. The van der Waals surface area contributed by atoms with Gasteiger partial charge in [0.1, 0.15) is 5.82 Å². The van der Waals surface area contributed by atoms with Crippen molar-refractivity contribution < 1.29 is 17.6 Å². The Bertz CT molecular complexity index is 648. The van der Waals surface area contributed by atoms with Gasteiger partial charge in [-0.25, -0.2) is 12.8 Å². The Kier molecular flexibility index (Phi) is 4.48. The first kappa shape index (κ1) is 15.7. The maximum absolute atomic E-state index is 13.2. The van der Waals surface area contributed by atoms with E-state index in [9.17, 15) is 17.6 Å². The van der Waals surface area contributed by atoms with Gasteiger partial charge >= 0.3 is 0 Å². The second-order valence-corrected chi connectivity index (χ2v) is 6.94. The van der Waals surface area contributed by atoms with Crippen molar-refractivity contribution in [1.29, 1.82) is 0 Å². The van der Waals surface area contributed by atoms with Gasteiger partial charge in [0.15, 0.2) is 0 Å². The number of nitrogens with two attached hydrogens (primary N) is 1.